The van der Waals surface area contributed by atoms with Gasteiger partial charge in [-0.25, -0.2) is 9.78 Å². The summed E-state index contributed by atoms with van der Waals surface area (Å²) in [5.41, 5.74) is -0.0640. The highest BCUT2D eigenvalue weighted by Crippen LogP contribution is 2.10. The van der Waals surface area contributed by atoms with Crippen molar-refractivity contribution >= 4 is 11.6 Å². The largest absolute Gasteiger partial charge is 0.464 e. The first kappa shape index (κ1) is 8.61. The van der Waals surface area contributed by atoms with Crippen LogP contribution in [0, 0.1) is 5.95 Å². The number of carbonyl (C=O) groups is 1. The molecule has 0 aromatic carbocycles. The van der Waals surface area contributed by atoms with Gasteiger partial charge in [-0.2, -0.15) is 4.39 Å². The minimum atomic E-state index is -0.800. The standard InChI is InChI=1S/C8H6FN3O2/c1-14-8(13)6-7(9)12-3-2-10-4-5(12)11-6/h2-4H,1H3. The van der Waals surface area contributed by atoms with Crippen molar-refractivity contribution in [2.24, 2.45) is 0 Å². The fourth-order valence-electron chi connectivity index (χ4n) is 1.10. The van der Waals surface area contributed by atoms with Gasteiger partial charge in [-0.05, 0) is 0 Å². The van der Waals surface area contributed by atoms with Gasteiger partial charge in [-0.1, -0.05) is 0 Å². The lowest BCUT2D eigenvalue weighted by molar-refractivity contribution is 0.0589. The zero-order valence-electron chi connectivity index (χ0n) is 7.27. The maximum absolute atomic E-state index is 13.4. The van der Waals surface area contributed by atoms with Crippen molar-refractivity contribution in [1.29, 1.82) is 0 Å². The van der Waals surface area contributed by atoms with Gasteiger partial charge in [0.05, 0.1) is 13.3 Å². The Labute approximate surface area is 78.2 Å². The Hall–Kier alpha value is -1.98. The molecule has 0 spiro atoms. The number of imidazole rings is 1. The summed E-state index contributed by atoms with van der Waals surface area (Å²) in [4.78, 5) is 18.5. The normalized spacial score (nSPS) is 10.4. The molecule has 0 aliphatic rings. The number of hydrogen-bond acceptors (Lipinski definition) is 4. The van der Waals surface area contributed by atoms with Crippen LogP contribution in [0.5, 0.6) is 0 Å². The van der Waals surface area contributed by atoms with E-state index < -0.39 is 11.9 Å². The Morgan fingerprint density at radius 3 is 3.07 bits per heavy atom. The number of halogens is 1. The molecular weight excluding hydrogens is 189 g/mol. The van der Waals surface area contributed by atoms with Crippen molar-refractivity contribution in [3.63, 3.8) is 0 Å². The Balaban J connectivity index is 2.68. The van der Waals surface area contributed by atoms with Crippen LogP contribution in [0.15, 0.2) is 18.6 Å². The molecular formula is C8H6FN3O2. The van der Waals surface area contributed by atoms with Gasteiger partial charge in [0, 0.05) is 12.4 Å². The number of ether oxygens (including phenoxy) is 1. The first-order valence-electron chi connectivity index (χ1n) is 3.80. The van der Waals surface area contributed by atoms with Crippen LogP contribution in [0.1, 0.15) is 10.5 Å². The Morgan fingerprint density at radius 1 is 1.64 bits per heavy atom. The summed E-state index contributed by atoms with van der Waals surface area (Å²) in [7, 11) is 1.17. The van der Waals surface area contributed by atoms with Crippen molar-refractivity contribution in [2.75, 3.05) is 7.11 Å². The molecule has 2 aromatic rings. The highest BCUT2D eigenvalue weighted by atomic mass is 19.1. The van der Waals surface area contributed by atoms with Crippen LogP contribution in [-0.4, -0.2) is 27.4 Å². The molecule has 0 N–H and O–H groups in total. The Morgan fingerprint density at radius 2 is 2.43 bits per heavy atom. The summed E-state index contributed by atoms with van der Waals surface area (Å²) in [6.45, 7) is 0. The van der Waals surface area contributed by atoms with Gasteiger partial charge in [0.15, 0.2) is 5.65 Å². The highest BCUT2D eigenvalue weighted by Gasteiger charge is 2.19. The number of carbonyl (C=O) groups excluding carboxylic acids is 1. The maximum atomic E-state index is 13.4. The highest BCUT2D eigenvalue weighted by molar-refractivity contribution is 5.88. The summed E-state index contributed by atoms with van der Waals surface area (Å²) in [6, 6.07) is 0. The number of aromatic nitrogens is 3. The van der Waals surface area contributed by atoms with Gasteiger partial charge < -0.3 is 4.74 Å². The maximum Gasteiger partial charge on any atom is 0.361 e. The van der Waals surface area contributed by atoms with E-state index in [1.165, 1.54) is 25.7 Å². The molecule has 0 unspecified atom stereocenters. The molecule has 2 aromatic heterocycles. The number of hydrogen-bond donors (Lipinski definition) is 0. The molecule has 0 bridgehead atoms. The van der Waals surface area contributed by atoms with E-state index in [0.717, 1.165) is 4.40 Å². The van der Waals surface area contributed by atoms with E-state index in [0.29, 0.717) is 0 Å². The summed E-state index contributed by atoms with van der Waals surface area (Å²) < 4.78 is 18.9. The second kappa shape index (κ2) is 3.06. The number of rotatable bonds is 1. The molecule has 0 radical (unpaired) electrons. The first-order chi connectivity index (χ1) is 6.74. The van der Waals surface area contributed by atoms with Gasteiger partial charge in [0.1, 0.15) is 0 Å². The van der Waals surface area contributed by atoms with Crippen molar-refractivity contribution in [3.8, 4) is 0 Å². The van der Waals surface area contributed by atoms with Gasteiger partial charge in [-0.3, -0.25) is 9.38 Å². The van der Waals surface area contributed by atoms with Crippen LogP contribution in [0.25, 0.3) is 5.65 Å². The predicted octanol–water partition coefficient (Wildman–Crippen LogP) is 0.655. The summed E-state index contributed by atoms with van der Waals surface area (Å²) >= 11 is 0. The van der Waals surface area contributed by atoms with Crippen LogP contribution in [0.4, 0.5) is 4.39 Å². The second-order valence-electron chi connectivity index (χ2n) is 2.55. The number of methoxy groups -OCH3 is 1. The average molecular weight is 195 g/mol. The Bertz CT molecular complexity index is 494. The van der Waals surface area contributed by atoms with Crippen LogP contribution < -0.4 is 0 Å². The van der Waals surface area contributed by atoms with E-state index in [-0.39, 0.29) is 11.3 Å². The third kappa shape index (κ3) is 1.12. The molecule has 14 heavy (non-hydrogen) atoms. The lowest BCUT2D eigenvalue weighted by Crippen LogP contribution is -2.04. The molecule has 6 heteroatoms. The molecule has 2 heterocycles. The third-order valence-corrected chi connectivity index (χ3v) is 1.75. The molecule has 0 fully saturated rings. The van der Waals surface area contributed by atoms with E-state index in [1.807, 2.05) is 0 Å². The first-order valence-corrected chi connectivity index (χ1v) is 3.80. The number of fused-ring (bicyclic) bond motifs is 1. The lowest BCUT2D eigenvalue weighted by Gasteiger charge is -1.92. The fraction of sp³-hybridized carbons (Fsp3) is 0.125. The van der Waals surface area contributed by atoms with Gasteiger partial charge in [-0.15, -0.1) is 0 Å². The van der Waals surface area contributed by atoms with E-state index in [2.05, 4.69) is 14.7 Å². The van der Waals surface area contributed by atoms with Crippen molar-refractivity contribution in [3.05, 3.63) is 30.2 Å². The van der Waals surface area contributed by atoms with Gasteiger partial charge >= 0.3 is 5.97 Å². The predicted molar refractivity (Wildman–Crippen MR) is 44.3 cm³/mol. The smallest absolute Gasteiger partial charge is 0.361 e. The summed E-state index contributed by atoms with van der Waals surface area (Å²) in [5, 5.41) is 0. The molecule has 72 valence electrons. The van der Waals surface area contributed by atoms with E-state index >= 15 is 0 Å². The minimum absolute atomic E-state index is 0.269. The molecule has 5 nitrogen and oxygen atoms in total. The van der Waals surface area contributed by atoms with E-state index in [1.54, 1.807) is 0 Å². The molecule has 0 saturated carbocycles. The Kier molecular flexibility index (Phi) is 1.88. The zero-order valence-corrected chi connectivity index (χ0v) is 7.27. The molecule has 0 aliphatic heterocycles. The van der Waals surface area contributed by atoms with Crippen molar-refractivity contribution in [1.82, 2.24) is 14.4 Å². The fourth-order valence-corrected chi connectivity index (χ4v) is 1.10. The number of esters is 1. The van der Waals surface area contributed by atoms with E-state index in [9.17, 15) is 9.18 Å². The van der Waals surface area contributed by atoms with Gasteiger partial charge in [0.25, 0.3) is 0 Å². The summed E-state index contributed by atoms with van der Waals surface area (Å²) in [6.07, 6.45) is 4.14. The molecule has 0 saturated heterocycles. The van der Waals surface area contributed by atoms with Crippen LogP contribution in [0.3, 0.4) is 0 Å². The molecule has 0 amide bonds. The summed E-state index contributed by atoms with van der Waals surface area (Å²) in [5.74, 6) is -1.54. The van der Waals surface area contributed by atoms with Crippen molar-refractivity contribution in [2.45, 2.75) is 0 Å². The quantitative estimate of drug-likeness (QED) is 0.627. The SMILES string of the molecule is COC(=O)c1nc2cnccn2c1F. The zero-order chi connectivity index (χ0) is 10.1. The molecule has 2 rings (SSSR count). The molecule has 0 aliphatic carbocycles. The van der Waals surface area contributed by atoms with Crippen molar-refractivity contribution < 1.29 is 13.9 Å². The van der Waals surface area contributed by atoms with E-state index in [4.69, 9.17) is 0 Å². The van der Waals surface area contributed by atoms with Crippen LogP contribution in [-0.2, 0) is 4.74 Å². The average Bonchev–Trinajstić information content (AvgIpc) is 2.56. The molecule has 0 atom stereocenters. The minimum Gasteiger partial charge on any atom is -0.464 e. The second-order valence-corrected chi connectivity index (χ2v) is 2.55. The van der Waals surface area contributed by atoms with Crippen LogP contribution >= 0.6 is 0 Å². The van der Waals surface area contributed by atoms with Crippen LogP contribution in [0.2, 0.25) is 0 Å². The monoisotopic (exact) mass is 195 g/mol. The van der Waals surface area contributed by atoms with Gasteiger partial charge in [0.2, 0.25) is 11.6 Å². The lowest BCUT2D eigenvalue weighted by atomic mass is 10.5. The third-order valence-electron chi connectivity index (χ3n) is 1.75. The topological polar surface area (TPSA) is 56.5 Å². The number of nitrogens with zero attached hydrogens (tertiary/aromatic N) is 3.